The van der Waals surface area contributed by atoms with E-state index in [9.17, 15) is 0 Å². The number of hydrogen-bond acceptors (Lipinski definition) is 2. The molecule has 1 fully saturated rings. The Morgan fingerprint density at radius 3 is 1.11 bits per heavy atom. The van der Waals surface area contributed by atoms with Crippen molar-refractivity contribution in [1.82, 2.24) is 0 Å². The number of thiocyanates is 1. The largest absolute Gasteiger partial charge is 0.696 e. The third kappa shape index (κ3) is 7.71. The van der Waals surface area contributed by atoms with Gasteiger partial charge in [0.05, 0.1) is 0 Å². The van der Waals surface area contributed by atoms with Crippen molar-refractivity contribution in [3.63, 3.8) is 0 Å². The Morgan fingerprint density at radius 2 is 1.00 bits per heavy atom. The molecular formula is C7H12NS-. The zero-order chi connectivity index (χ0) is 6.95. The van der Waals surface area contributed by atoms with Crippen molar-refractivity contribution in [2.45, 2.75) is 38.5 Å². The number of nitrogens with zero attached hydrogens (tertiary/aromatic N) is 1. The van der Waals surface area contributed by atoms with Gasteiger partial charge in [-0.1, -0.05) is 43.9 Å². The van der Waals surface area contributed by atoms with Crippen LogP contribution in [-0.2, 0) is 12.6 Å². The molecule has 0 unspecified atom stereocenters. The maximum Gasteiger partial charge on any atom is -0.0533 e. The van der Waals surface area contributed by atoms with Crippen LogP contribution in [0, 0.1) is 10.7 Å². The van der Waals surface area contributed by atoms with Gasteiger partial charge < -0.3 is 12.6 Å². The normalized spacial score (nSPS) is 16.8. The first-order valence-electron chi connectivity index (χ1n) is 3.43. The van der Waals surface area contributed by atoms with Crippen LogP contribution in [0.1, 0.15) is 38.5 Å². The van der Waals surface area contributed by atoms with E-state index in [-0.39, 0.29) is 0 Å². The highest BCUT2D eigenvalue weighted by molar-refractivity contribution is 7.64. The van der Waals surface area contributed by atoms with Gasteiger partial charge in [0.2, 0.25) is 0 Å². The summed E-state index contributed by atoms with van der Waals surface area (Å²) < 4.78 is 0. The van der Waals surface area contributed by atoms with Crippen molar-refractivity contribution in [3.05, 3.63) is 0 Å². The predicted molar refractivity (Wildman–Crippen MR) is 40.7 cm³/mol. The van der Waals surface area contributed by atoms with Crippen molar-refractivity contribution in [1.29, 1.82) is 5.26 Å². The first kappa shape index (κ1) is 8.71. The fourth-order valence-corrected chi connectivity index (χ4v) is 1.06. The molecule has 52 valence electrons. The van der Waals surface area contributed by atoms with E-state index in [0.717, 1.165) is 0 Å². The summed E-state index contributed by atoms with van der Waals surface area (Å²) in [6.07, 6.45) is 9.00. The Bertz CT molecular complexity index is 69.9. The molecule has 0 atom stereocenters. The maximum atomic E-state index is 7.13. The smallest absolute Gasteiger partial charge is 0.0533 e. The van der Waals surface area contributed by atoms with Gasteiger partial charge in [-0.3, -0.25) is 0 Å². The van der Waals surface area contributed by atoms with E-state index in [4.69, 9.17) is 5.26 Å². The third-order valence-electron chi connectivity index (χ3n) is 1.50. The minimum Gasteiger partial charge on any atom is -0.696 e. The fourth-order valence-electron chi connectivity index (χ4n) is 1.06. The maximum absolute atomic E-state index is 7.13. The van der Waals surface area contributed by atoms with Crippen LogP contribution < -0.4 is 0 Å². The highest BCUT2D eigenvalue weighted by atomic mass is 32.1. The molecule has 0 aromatic carbocycles. The Hall–Kier alpha value is -0.290. The van der Waals surface area contributed by atoms with E-state index in [2.05, 4.69) is 12.6 Å². The lowest BCUT2D eigenvalue weighted by Crippen LogP contribution is -1.85. The summed E-state index contributed by atoms with van der Waals surface area (Å²) in [6.45, 7) is 0. The molecule has 0 spiro atoms. The fraction of sp³-hybridized carbons (Fsp3) is 0.857. The Balaban J connectivity index is 0.000000187. The second kappa shape index (κ2) is 7.71. The molecule has 0 amide bonds. The lowest BCUT2D eigenvalue weighted by Gasteiger charge is -2.05. The number of nitriles is 1. The summed E-state index contributed by atoms with van der Waals surface area (Å²) in [6, 6.07) is 0. The van der Waals surface area contributed by atoms with Crippen molar-refractivity contribution in [2.24, 2.45) is 0 Å². The first-order valence-corrected chi connectivity index (χ1v) is 3.84. The standard InChI is InChI=1S/C6H12.CHNS/c1-2-4-6-5-3-1;2-1-3/h1-6H2;3H/p-1. The first-order chi connectivity index (χ1) is 4.41. The third-order valence-corrected chi connectivity index (χ3v) is 1.50. The minimum atomic E-state index is 1.33. The number of rotatable bonds is 0. The monoisotopic (exact) mass is 142 g/mol. The van der Waals surface area contributed by atoms with Crippen molar-refractivity contribution < 1.29 is 0 Å². The van der Waals surface area contributed by atoms with Gasteiger partial charge >= 0.3 is 0 Å². The molecule has 1 rings (SSSR count). The molecule has 0 bridgehead atoms. The lowest BCUT2D eigenvalue weighted by molar-refractivity contribution is 0.504. The zero-order valence-electron chi connectivity index (χ0n) is 5.60. The van der Waals surface area contributed by atoms with Crippen LogP contribution in [0.4, 0.5) is 0 Å². The summed E-state index contributed by atoms with van der Waals surface area (Å²) in [5.41, 5.74) is 0. The van der Waals surface area contributed by atoms with E-state index in [1.54, 1.807) is 0 Å². The van der Waals surface area contributed by atoms with Crippen LogP contribution in [0.2, 0.25) is 0 Å². The molecule has 1 aliphatic carbocycles. The Morgan fingerprint density at radius 1 is 0.889 bits per heavy atom. The number of hydrogen-bond donors (Lipinski definition) is 0. The van der Waals surface area contributed by atoms with Crippen molar-refractivity contribution >= 4 is 12.6 Å². The molecule has 9 heavy (non-hydrogen) atoms. The van der Waals surface area contributed by atoms with Gasteiger partial charge in [0.25, 0.3) is 0 Å². The van der Waals surface area contributed by atoms with E-state index in [1.165, 1.54) is 43.9 Å². The van der Waals surface area contributed by atoms with Crippen LogP contribution in [0.15, 0.2) is 0 Å². The second-order valence-electron chi connectivity index (χ2n) is 2.21. The topological polar surface area (TPSA) is 23.8 Å². The van der Waals surface area contributed by atoms with Crippen molar-refractivity contribution in [2.75, 3.05) is 0 Å². The molecule has 1 saturated carbocycles. The molecule has 1 aliphatic rings. The molecule has 0 radical (unpaired) electrons. The quantitative estimate of drug-likeness (QED) is 0.383. The predicted octanol–water partition coefficient (Wildman–Crippen LogP) is 2.35. The van der Waals surface area contributed by atoms with Gasteiger partial charge in [-0.05, 0) is 0 Å². The van der Waals surface area contributed by atoms with Gasteiger partial charge in [-0.25, -0.2) is 5.26 Å². The summed E-state index contributed by atoms with van der Waals surface area (Å²) >= 11 is 3.70. The average molecular weight is 142 g/mol. The molecule has 0 heterocycles. The summed E-state index contributed by atoms with van der Waals surface area (Å²) in [5.74, 6) is 0. The van der Waals surface area contributed by atoms with Gasteiger partial charge in [-0.15, -0.1) is 0 Å². The Kier molecular flexibility index (Phi) is 7.46. The van der Waals surface area contributed by atoms with E-state index < -0.39 is 0 Å². The van der Waals surface area contributed by atoms with E-state index in [1.807, 2.05) is 0 Å². The summed E-state index contributed by atoms with van der Waals surface area (Å²) in [5, 5.41) is 8.47. The molecule has 0 saturated heterocycles. The summed E-state index contributed by atoms with van der Waals surface area (Å²) in [7, 11) is 0. The summed E-state index contributed by atoms with van der Waals surface area (Å²) in [4.78, 5) is 0. The molecular weight excluding hydrogens is 130 g/mol. The lowest BCUT2D eigenvalue weighted by atomic mass is 10.0. The van der Waals surface area contributed by atoms with Crippen LogP contribution in [0.25, 0.3) is 0 Å². The van der Waals surface area contributed by atoms with Crippen molar-refractivity contribution in [3.8, 4) is 5.40 Å². The molecule has 2 heteroatoms. The van der Waals surface area contributed by atoms with Crippen LogP contribution in [0.5, 0.6) is 0 Å². The van der Waals surface area contributed by atoms with Gasteiger partial charge in [0, 0.05) is 0 Å². The molecule has 0 aliphatic heterocycles. The molecule has 0 aromatic rings. The second-order valence-corrected chi connectivity index (χ2v) is 2.40. The molecule has 0 aromatic heterocycles. The molecule has 1 nitrogen and oxygen atoms in total. The zero-order valence-corrected chi connectivity index (χ0v) is 6.41. The van der Waals surface area contributed by atoms with Crippen LogP contribution >= 0.6 is 0 Å². The minimum absolute atomic E-state index is 1.33. The van der Waals surface area contributed by atoms with Crippen LogP contribution in [0.3, 0.4) is 0 Å². The van der Waals surface area contributed by atoms with Gasteiger partial charge in [-0.2, -0.15) is 0 Å². The SMILES string of the molecule is C1CCCCC1.N#C[S-]. The Labute approximate surface area is 62.5 Å². The van der Waals surface area contributed by atoms with E-state index >= 15 is 0 Å². The highest BCUT2D eigenvalue weighted by Crippen LogP contribution is 2.15. The highest BCUT2D eigenvalue weighted by Gasteiger charge is 1.95. The molecule has 0 N–H and O–H groups in total. The van der Waals surface area contributed by atoms with Crippen LogP contribution in [-0.4, -0.2) is 0 Å². The van der Waals surface area contributed by atoms with Gasteiger partial charge in [0.15, 0.2) is 0 Å². The average Bonchev–Trinajstić information content (AvgIpc) is 1.93. The van der Waals surface area contributed by atoms with Gasteiger partial charge in [0.1, 0.15) is 0 Å². The van der Waals surface area contributed by atoms with E-state index in [0.29, 0.717) is 0 Å².